The van der Waals surface area contributed by atoms with Crippen molar-refractivity contribution in [3.05, 3.63) is 48.0 Å². The Labute approximate surface area is 281 Å². The van der Waals surface area contributed by atoms with Gasteiger partial charge in [0.15, 0.2) is 11.6 Å². The molecule has 0 saturated carbocycles. The highest BCUT2D eigenvalue weighted by molar-refractivity contribution is 5.89. The van der Waals surface area contributed by atoms with Crippen LogP contribution in [0.2, 0.25) is 0 Å². The third-order valence-electron chi connectivity index (χ3n) is 9.33. The Hall–Kier alpha value is -4.47. The molecule has 4 aromatic rings. The number of nitrogens with one attached hydrogen (secondary N) is 2. The number of hydrogen-bond donors (Lipinski definition) is 4. The predicted octanol–water partition coefficient (Wildman–Crippen LogP) is 1.63. The fourth-order valence-corrected chi connectivity index (χ4v) is 7.20. The van der Waals surface area contributed by atoms with Crippen LogP contribution in [-0.2, 0) is 27.5 Å². The third-order valence-corrected chi connectivity index (χ3v) is 9.33. The maximum absolute atomic E-state index is 14.5. The van der Waals surface area contributed by atoms with Crippen molar-refractivity contribution in [2.24, 2.45) is 5.92 Å². The zero-order valence-corrected chi connectivity index (χ0v) is 27.7. The topological polar surface area (TPSA) is 158 Å². The average molecular weight is 681 g/mol. The smallest absolute Gasteiger partial charge is 0.245 e. The van der Waals surface area contributed by atoms with E-state index in [1.165, 1.54) is 29.2 Å². The molecule has 262 valence electrons. The van der Waals surface area contributed by atoms with E-state index in [-0.39, 0.29) is 62.9 Å². The Morgan fingerprint density at radius 3 is 2.02 bits per heavy atom. The second kappa shape index (κ2) is 14.2. The van der Waals surface area contributed by atoms with Crippen molar-refractivity contribution in [1.82, 2.24) is 39.5 Å². The number of nitrogens with zero attached hydrogens (tertiary/aromatic N) is 6. The van der Waals surface area contributed by atoms with E-state index in [0.29, 0.717) is 53.0 Å². The van der Waals surface area contributed by atoms with Crippen molar-refractivity contribution in [2.45, 2.75) is 76.5 Å². The van der Waals surface area contributed by atoms with Crippen LogP contribution in [0.5, 0.6) is 0 Å². The number of benzene rings is 2. The number of hydrogen-bond acceptors (Lipinski definition) is 8. The summed E-state index contributed by atoms with van der Waals surface area (Å²) in [6.45, 7) is 4.60. The number of aliphatic hydroxyl groups excluding tert-OH is 2. The molecule has 5 unspecified atom stereocenters. The molecule has 2 aromatic heterocycles. The van der Waals surface area contributed by atoms with Gasteiger partial charge in [-0.3, -0.25) is 14.4 Å². The lowest BCUT2D eigenvalue weighted by Gasteiger charge is -2.30. The Morgan fingerprint density at radius 2 is 1.47 bits per heavy atom. The summed E-state index contributed by atoms with van der Waals surface area (Å²) >= 11 is 0. The first-order chi connectivity index (χ1) is 23.4. The minimum Gasteiger partial charge on any atom is -0.391 e. The van der Waals surface area contributed by atoms with E-state index < -0.39 is 35.9 Å². The van der Waals surface area contributed by atoms with Gasteiger partial charge in [0.2, 0.25) is 18.2 Å². The van der Waals surface area contributed by atoms with Crippen molar-refractivity contribution < 1.29 is 33.4 Å². The number of aromatic nitrogens is 4. The minimum atomic E-state index is -0.812. The summed E-state index contributed by atoms with van der Waals surface area (Å²) in [6.07, 6.45) is 0.176. The van der Waals surface area contributed by atoms with Gasteiger partial charge in [0.25, 0.3) is 0 Å². The number of β-amino-alcohol motifs (C(OH)–C–C–N with tert-alkyl or cyclic N) is 2. The van der Waals surface area contributed by atoms with Gasteiger partial charge in [-0.15, -0.1) is 0 Å². The molecule has 0 bridgehead atoms. The van der Waals surface area contributed by atoms with Crippen LogP contribution in [0.4, 0.5) is 8.78 Å². The van der Waals surface area contributed by atoms with Gasteiger partial charge in [0.1, 0.15) is 17.7 Å². The van der Waals surface area contributed by atoms with Crippen molar-refractivity contribution >= 4 is 40.3 Å². The molecular formula is C34H42F2N8O5. The normalized spacial score (nSPS) is 21.7. The second-order valence-electron chi connectivity index (χ2n) is 13.5. The first-order valence-corrected chi connectivity index (χ1v) is 16.6. The minimum absolute atomic E-state index is 0.0458. The quantitative estimate of drug-likeness (QED) is 0.165. The standard InChI is InChI=1S/C34H42F2N8O5/c1-19(2)8-28(38-31(48)13-37-3)34(49)42-17-25(47)12-23(42)15-44-30-7-5-21(36)10-27(30)40-33(44)32-39-26-9-20(35)4-6-29(26)43(32)14-22-11-24(46)16-41(22)18-45/h4-7,9-10,18-19,22-25,28,37,46-47H,8,11-17H2,1-3H3,(H,38,48). The number of amides is 3. The van der Waals surface area contributed by atoms with E-state index in [1.807, 2.05) is 23.0 Å². The molecule has 2 fully saturated rings. The van der Waals surface area contributed by atoms with Crippen LogP contribution in [0, 0.1) is 17.6 Å². The second-order valence-corrected chi connectivity index (χ2v) is 13.5. The van der Waals surface area contributed by atoms with Crippen LogP contribution in [0.1, 0.15) is 33.1 Å². The van der Waals surface area contributed by atoms with Gasteiger partial charge in [-0.05, 0) is 56.5 Å². The fraction of sp³-hybridized carbons (Fsp3) is 0.500. The number of rotatable bonds is 12. The van der Waals surface area contributed by atoms with Crippen LogP contribution in [0.15, 0.2) is 36.4 Å². The van der Waals surface area contributed by atoms with Crippen LogP contribution < -0.4 is 10.6 Å². The van der Waals surface area contributed by atoms with Gasteiger partial charge < -0.3 is 39.8 Å². The van der Waals surface area contributed by atoms with Gasteiger partial charge in [-0.2, -0.15) is 0 Å². The predicted molar refractivity (Wildman–Crippen MR) is 177 cm³/mol. The first kappa shape index (κ1) is 34.4. The number of halogens is 2. The number of imidazole rings is 2. The summed E-state index contributed by atoms with van der Waals surface area (Å²) in [5.41, 5.74) is 1.81. The highest BCUT2D eigenvalue weighted by Crippen LogP contribution is 2.33. The molecule has 0 aliphatic carbocycles. The maximum Gasteiger partial charge on any atom is 0.245 e. The lowest BCUT2D eigenvalue weighted by atomic mass is 10.0. The molecule has 5 atom stereocenters. The zero-order valence-electron chi connectivity index (χ0n) is 27.7. The lowest BCUT2D eigenvalue weighted by Crippen LogP contribution is -2.52. The van der Waals surface area contributed by atoms with E-state index in [0.717, 1.165) is 0 Å². The van der Waals surface area contributed by atoms with Crippen molar-refractivity contribution in [2.75, 3.05) is 26.7 Å². The lowest BCUT2D eigenvalue weighted by molar-refractivity contribution is -0.137. The summed E-state index contributed by atoms with van der Waals surface area (Å²) in [5, 5.41) is 26.8. The third kappa shape index (κ3) is 7.14. The van der Waals surface area contributed by atoms with Crippen molar-refractivity contribution in [3.8, 4) is 11.6 Å². The van der Waals surface area contributed by atoms with Crippen LogP contribution in [0.3, 0.4) is 0 Å². The Kier molecular flexibility index (Phi) is 9.95. The van der Waals surface area contributed by atoms with Gasteiger partial charge in [0, 0.05) is 38.3 Å². The van der Waals surface area contributed by atoms with Gasteiger partial charge in [0.05, 0.1) is 52.9 Å². The molecule has 2 aromatic carbocycles. The molecule has 2 saturated heterocycles. The first-order valence-electron chi connectivity index (χ1n) is 16.6. The van der Waals surface area contributed by atoms with E-state index >= 15 is 0 Å². The number of aliphatic hydroxyl groups is 2. The average Bonchev–Trinajstić information content (AvgIpc) is 3.79. The molecule has 6 rings (SSSR count). The Balaban J connectivity index is 1.43. The highest BCUT2D eigenvalue weighted by Gasteiger charge is 2.39. The number of likely N-dealkylation sites (N-methyl/N-ethyl adjacent to an activating group) is 1. The van der Waals surface area contributed by atoms with E-state index in [1.54, 1.807) is 24.1 Å². The van der Waals surface area contributed by atoms with Crippen molar-refractivity contribution in [3.63, 3.8) is 0 Å². The van der Waals surface area contributed by atoms with Gasteiger partial charge >= 0.3 is 0 Å². The molecule has 49 heavy (non-hydrogen) atoms. The Bertz CT molecular complexity index is 1860. The molecular weight excluding hydrogens is 638 g/mol. The van der Waals surface area contributed by atoms with Gasteiger partial charge in [-0.25, -0.2) is 18.7 Å². The monoisotopic (exact) mass is 680 g/mol. The molecule has 3 amide bonds. The molecule has 15 heteroatoms. The van der Waals surface area contributed by atoms with Crippen LogP contribution in [0.25, 0.3) is 33.7 Å². The largest absolute Gasteiger partial charge is 0.391 e. The zero-order chi connectivity index (χ0) is 35.0. The van der Waals surface area contributed by atoms with Crippen molar-refractivity contribution in [1.29, 1.82) is 0 Å². The number of carbonyl (C=O) groups is 3. The highest BCUT2D eigenvalue weighted by atomic mass is 19.1. The maximum atomic E-state index is 14.5. The molecule has 0 spiro atoms. The summed E-state index contributed by atoms with van der Waals surface area (Å²) in [6, 6.07) is 6.71. The molecule has 4 N–H and O–H groups in total. The SMILES string of the molecule is CNCC(=O)NC(CC(C)C)C(=O)N1CC(O)CC1Cn1c(-c2nc3cc(F)ccc3n2CC2CC(O)CN2C=O)nc2cc(F)ccc21. The van der Waals surface area contributed by atoms with E-state index in [4.69, 9.17) is 9.97 Å². The molecule has 4 heterocycles. The number of carbonyl (C=O) groups excluding carboxylic acids is 3. The molecule has 2 aliphatic heterocycles. The fourth-order valence-electron chi connectivity index (χ4n) is 7.20. The summed E-state index contributed by atoms with van der Waals surface area (Å²) in [5.74, 6) is -0.863. The van der Waals surface area contributed by atoms with E-state index in [9.17, 15) is 33.4 Å². The summed E-state index contributed by atoms with van der Waals surface area (Å²) in [4.78, 5) is 51.2. The van der Waals surface area contributed by atoms with Gasteiger partial charge in [-0.1, -0.05) is 13.8 Å². The number of fused-ring (bicyclic) bond motifs is 2. The van der Waals surface area contributed by atoms with Crippen LogP contribution in [-0.4, -0.2) is 114 Å². The Morgan fingerprint density at radius 1 is 0.918 bits per heavy atom. The van der Waals surface area contributed by atoms with E-state index in [2.05, 4.69) is 10.6 Å². The van der Waals surface area contributed by atoms with Crippen LogP contribution >= 0.6 is 0 Å². The molecule has 0 radical (unpaired) electrons. The summed E-state index contributed by atoms with van der Waals surface area (Å²) in [7, 11) is 1.64. The number of likely N-dealkylation sites (tertiary alicyclic amines) is 2. The molecule has 13 nitrogen and oxygen atoms in total. The molecule has 2 aliphatic rings. The summed E-state index contributed by atoms with van der Waals surface area (Å²) < 4.78 is 32.6.